The Hall–Kier alpha value is -0.810. The molecule has 1 rings (SSSR count). The molecule has 2 unspecified atom stereocenters. The second-order valence-electron chi connectivity index (χ2n) is 3.98. The van der Waals surface area contributed by atoms with E-state index in [1.165, 1.54) is 0 Å². The van der Waals surface area contributed by atoms with E-state index in [1.807, 2.05) is 6.92 Å². The van der Waals surface area contributed by atoms with Crippen molar-refractivity contribution in [1.82, 2.24) is 0 Å². The lowest BCUT2D eigenvalue weighted by atomic mass is 10.1. The number of benzene rings is 1. The predicted octanol–water partition coefficient (Wildman–Crippen LogP) is 2.17. The normalized spacial score (nSPS) is 14.3. The largest absolute Gasteiger partial charge is 0.490 e. The number of aliphatic hydroxyl groups excluding tert-OH is 2. The maximum atomic E-state index is 9.61. The summed E-state index contributed by atoms with van der Waals surface area (Å²) in [5, 5.41) is 19.7. The van der Waals surface area contributed by atoms with Gasteiger partial charge >= 0.3 is 0 Å². The number of hydrogen-bond acceptors (Lipinski definition) is 4. The summed E-state index contributed by atoms with van der Waals surface area (Å²) in [6, 6.07) is 5.01. The maximum Gasteiger partial charge on any atom is 0.125 e. The molecule has 102 valence electrons. The fourth-order valence-corrected chi connectivity index (χ4v) is 1.65. The minimum atomic E-state index is -0.692. The lowest BCUT2D eigenvalue weighted by Gasteiger charge is -2.16. The van der Waals surface area contributed by atoms with Gasteiger partial charge in [0.15, 0.2) is 0 Å². The molecule has 4 nitrogen and oxygen atoms in total. The van der Waals surface area contributed by atoms with E-state index in [9.17, 15) is 10.2 Å². The molecule has 1 aromatic carbocycles. The minimum absolute atomic E-state index is 0.112. The lowest BCUT2D eigenvalue weighted by Crippen LogP contribution is -2.23. The zero-order valence-electron chi connectivity index (χ0n) is 10.6. The highest BCUT2D eigenvalue weighted by atomic mass is 35.5. The van der Waals surface area contributed by atoms with Crippen molar-refractivity contribution < 1.29 is 19.7 Å². The van der Waals surface area contributed by atoms with E-state index < -0.39 is 12.2 Å². The van der Waals surface area contributed by atoms with Gasteiger partial charge in [0, 0.05) is 17.2 Å². The van der Waals surface area contributed by atoms with Crippen molar-refractivity contribution in [3.63, 3.8) is 0 Å². The fraction of sp³-hybridized carbons (Fsp3) is 0.538. The molecule has 0 spiro atoms. The Kier molecular flexibility index (Phi) is 6.43. The number of halogens is 1. The van der Waals surface area contributed by atoms with Crippen molar-refractivity contribution in [2.45, 2.75) is 26.1 Å². The van der Waals surface area contributed by atoms with Crippen molar-refractivity contribution in [1.29, 1.82) is 0 Å². The van der Waals surface area contributed by atoms with Gasteiger partial charge in [-0.05, 0) is 32.0 Å². The van der Waals surface area contributed by atoms with Crippen LogP contribution < -0.4 is 4.74 Å². The minimum Gasteiger partial charge on any atom is -0.490 e. The summed E-state index contributed by atoms with van der Waals surface area (Å²) in [4.78, 5) is 0. The molecule has 0 aromatic heterocycles. The molecule has 18 heavy (non-hydrogen) atoms. The molecule has 0 fully saturated rings. The molecule has 5 heteroatoms. The fourth-order valence-electron chi connectivity index (χ4n) is 1.47. The van der Waals surface area contributed by atoms with E-state index in [-0.39, 0.29) is 13.2 Å². The van der Waals surface area contributed by atoms with Gasteiger partial charge in [-0.3, -0.25) is 0 Å². The summed E-state index contributed by atoms with van der Waals surface area (Å²) in [6.45, 7) is 4.39. The smallest absolute Gasteiger partial charge is 0.125 e. The van der Waals surface area contributed by atoms with Gasteiger partial charge < -0.3 is 19.7 Å². The van der Waals surface area contributed by atoms with Crippen LogP contribution in [0.25, 0.3) is 0 Å². The summed E-state index contributed by atoms with van der Waals surface area (Å²) in [6.07, 6.45) is -1.37. The Balaban J connectivity index is 2.61. The highest BCUT2D eigenvalue weighted by Crippen LogP contribution is 2.28. The number of rotatable bonds is 7. The lowest BCUT2D eigenvalue weighted by molar-refractivity contribution is 0.0158. The second-order valence-corrected chi connectivity index (χ2v) is 4.42. The molecule has 2 N–H and O–H groups in total. The van der Waals surface area contributed by atoms with Crippen LogP contribution in [0.1, 0.15) is 25.5 Å². The molecule has 0 heterocycles. The van der Waals surface area contributed by atoms with Gasteiger partial charge in [0.05, 0.1) is 12.7 Å². The van der Waals surface area contributed by atoms with Crippen LogP contribution in [0, 0.1) is 0 Å². The molecule has 1 aromatic rings. The summed E-state index contributed by atoms with van der Waals surface area (Å²) in [5.74, 6) is 0.518. The first-order chi connectivity index (χ1) is 8.54. The SMILES string of the molecule is CCOCC(O)COc1ccc(Cl)cc1C(C)O. The Morgan fingerprint density at radius 2 is 2.00 bits per heavy atom. The zero-order valence-corrected chi connectivity index (χ0v) is 11.4. The van der Waals surface area contributed by atoms with Crippen LogP contribution in [0.4, 0.5) is 0 Å². The first-order valence-corrected chi connectivity index (χ1v) is 6.28. The zero-order chi connectivity index (χ0) is 13.5. The van der Waals surface area contributed by atoms with E-state index in [0.29, 0.717) is 22.9 Å². The summed E-state index contributed by atoms with van der Waals surface area (Å²) in [7, 11) is 0. The molecule has 0 saturated carbocycles. The van der Waals surface area contributed by atoms with Crippen LogP contribution in [0.3, 0.4) is 0 Å². The standard InChI is InChI=1S/C13H19ClO4/c1-3-17-7-11(16)8-18-13-5-4-10(14)6-12(13)9(2)15/h4-6,9,11,15-16H,3,7-8H2,1-2H3. The molecule has 0 saturated heterocycles. The Morgan fingerprint density at radius 1 is 1.28 bits per heavy atom. The molecule has 0 radical (unpaired) electrons. The van der Waals surface area contributed by atoms with E-state index >= 15 is 0 Å². The first-order valence-electron chi connectivity index (χ1n) is 5.90. The molecule has 0 aliphatic rings. The van der Waals surface area contributed by atoms with Gasteiger partial charge in [-0.25, -0.2) is 0 Å². The average molecular weight is 275 g/mol. The van der Waals surface area contributed by atoms with Crippen LogP contribution in [0.5, 0.6) is 5.75 Å². The van der Waals surface area contributed by atoms with Gasteiger partial charge in [0.1, 0.15) is 18.5 Å². The van der Waals surface area contributed by atoms with Gasteiger partial charge in [0.25, 0.3) is 0 Å². The molecule has 0 bridgehead atoms. The average Bonchev–Trinajstić information content (AvgIpc) is 2.34. The second kappa shape index (κ2) is 7.59. The third-order valence-corrected chi connectivity index (χ3v) is 2.60. The van der Waals surface area contributed by atoms with Crippen LogP contribution in [-0.4, -0.2) is 36.1 Å². The van der Waals surface area contributed by atoms with Crippen molar-refractivity contribution >= 4 is 11.6 Å². The Morgan fingerprint density at radius 3 is 2.61 bits per heavy atom. The molecular formula is C13H19ClO4. The topological polar surface area (TPSA) is 58.9 Å². The van der Waals surface area contributed by atoms with E-state index in [4.69, 9.17) is 21.1 Å². The van der Waals surface area contributed by atoms with Crippen LogP contribution in [0.15, 0.2) is 18.2 Å². The third kappa shape index (κ3) is 4.82. The monoisotopic (exact) mass is 274 g/mol. The van der Waals surface area contributed by atoms with Crippen LogP contribution in [0.2, 0.25) is 5.02 Å². The van der Waals surface area contributed by atoms with Crippen molar-refractivity contribution in [3.05, 3.63) is 28.8 Å². The van der Waals surface area contributed by atoms with Gasteiger partial charge in [0.2, 0.25) is 0 Å². The Labute approximate surface area is 112 Å². The number of ether oxygens (including phenoxy) is 2. The molecule has 0 amide bonds. The Bertz CT molecular complexity index is 368. The summed E-state index contributed by atoms with van der Waals surface area (Å²) in [5.41, 5.74) is 0.603. The maximum absolute atomic E-state index is 9.61. The van der Waals surface area contributed by atoms with Crippen molar-refractivity contribution in [3.8, 4) is 5.75 Å². The van der Waals surface area contributed by atoms with Crippen molar-refractivity contribution in [2.24, 2.45) is 0 Å². The molecule has 0 aliphatic carbocycles. The summed E-state index contributed by atoms with van der Waals surface area (Å²) >= 11 is 5.86. The van der Waals surface area contributed by atoms with E-state index in [0.717, 1.165) is 0 Å². The quantitative estimate of drug-likeness (QED) is 0.800. The van der Waals surface area contributed by atoms with Crippen molar-refractivity contribution in [2.75, 3.05) is 19.8 Å². The summed E-state index contributed by atoms with van der Waals surface area (Å²) < 4.78 is 10.5. The number of aliphatic hydroxyl groups is 2. The highest BCUT2D eigenvalue weighted by molar-refractivity contribution is 6.30. The number of hydrogen-bond donors (Lipinski definition) is 2. The van der Waals surface area contributed by atoms with Crippen LogP contribution >= 0.6 is 11.6 Å². The predicted molar refractivity (Wildman–Crippen MR) is 70.1 cm³/mol. The van der Waals surface area contributed by atoms with Gasteiger partial charge in [-0.1, -0.05) is 11.6 Å². The molecule has 2 atom stereocenters. The third-order valence-electron chi connectivity index (χ3n) is 2.37. The molecular weight excluding hydrogens is 256 g/mol. The molecule has 0 aliphatic heterocycles. The highest BCUT2D eigenvalue weighted by Gasteiger charge is 2.12. The van der Waals surface area contributed by atoms with Crippen LogP contribution in [-0.2, 0) is 4.74 Å². The van der Waals surface area contributed by atoms with E-state index in [2.05, 4.69) is 0 Å². The first kappa shape index (κ1) is 15.2. The van der Waals surface area contributed by atoms with Gasteiger partial charge in [-0.15, -0.1) is 0 Å². The van der Waals surface area contributed by atoms with E-state index in [1.54, 1.807) is 25.1 Å². The van der Waals surface area contributed by atoms with Gasteiger partial charge in [-0.2, -0.15) is 0 Å².